The minimum atomic E-state index is -0.449. The van der Waals surface area contributed by atoms with E-state index in [0.29, 0.717) is 32.4 Å². The van der Waals surface area contributed by atoms with Crippen LogP contribution in [0.1, 0.15) is 32.1 Å². The minimum Gasteiger partial charge on any atom is -0.469 e. The summed E-state index contributed by atoms with van der Waals surface area (Å²) in [5, 5.41) is 2.89. The standard InChI is InChI=1S/C27H35N3O5/c1-29(17-8-13-26(32)34-2)25(31)16-20-30-18-14-22(15-19-30)35-27(33)28-24-12-7-6-11-23(24)21-9-4-3-5-10-21/h3-7,9-12,22H,8,13-20H2,1-2H3,(H,28,33). The molecule has 35 heavy (non-hydrogen) atoms. The molecule has 1 aliphatic rings. The number of hydrogen-bond acceptors (Lipinski definition) is 6. The highest BCUT2D eigenvalue weighted by molar-refractivity contribution is 5.91. The Hall–Kier alpha value is -3.39. The molecule has 0 unspecified atom stereocenters. The Kier molecular flexibility index (Phi) is 10.1. The molecule has 0 spiro atoms. The summed E-state index contributed by atoms with van der Waals surface area (Å²) in [6, 6.07) is 17.6. The van der Waals surface area contributed by atoms with Crippen LogP contribution in [-0.2, 0) is 19.1 Å². The largest absolute Gasteiger partial charge is 0.469 e. The van der Waals surface area contributed by atoms with Crippen molar-refractivity contribution in [3.63, 3.8) is 0 Å². The van der Waals surface area contributed by atoms with Gasteiger partial charge >= 0.3 is 12.1 Å². The molecule has 2 aromatic rings. The number of carbonyl (C=O) groups is 3. The van der Waals surface area contributed by atoms with Gasteiger partial charge in [-0.05, 0) is 30.9 Å². The Balaban J connectivity index is 1.37. The van der Waals surface area contributed by atoms with Crippen LogP contribution in [0.25, 0.3) is 11.1 Å². The normalized spacial score (nSPS) is 14.2. The first kappa shape index (κ1) is 26.2. The number of carbonyl (C=O) groups excluding carboxylic acids is 3. The highest BCUT2D eigenvalue weighted by Crippen LogP contribution is 2.28. The third-order valence-corrected chi connectivity index (χ3v) is 6.23. The Bertz CT molecular complexity index is 974. The van der Waals surface area contributed by atoms with Gasteiger partial charge in [-0.1, -0.05) is 48.5 Å². The number of nitrogens with one attached hydrogen (secondary N) is 1. The van der Waals surface area contributed by atoms with Crippen LogP contribution in [0.5, 0.6) is 0 Å². The molecule has 1 aliphatic heterocycles. The number of esters is 1. The molecule has 0 radical (unpaired) electrons. The van der Waals surface area contributed by atoms with Gasteiger partial charge in [-0.2, -0.15) is 0 Å². The van der Waals surface area contributed by atoms with E-state index in [4.69, 9.17) is 4.74 Å². The molecule has 0 atom stereocenters. The van der Waals surface area contributed by atoms with Gasteiger partial charge in [-0.3, -0.25) is 14.9 Å². The van der Waals surface area contributed by atoms with E-state index in [9.17, 15) is 14.4 Å². The highest BCUT2D eigenvalue weighted by atomic mass is 16.6. The van der Waals surface area contributed by atoms with Crippen molar-refractivity contribution in [2.24, 2.45) is 0 Å². The molecule has 1 saturated heterocycles. The smallest absolute Gasteiger partial charge is 0.411 e. The van der Waals surface area contributed by atoms with Gasteiger partial charge in [0.2, 0.25) is 5.91 Å². The average Bonchev–Trinajstić information content (AvgIpc) is 2.88. The predicted molar refractivity (Wildman–Crippen MR) is 135 cm³/mol. The van der Waals surface area contributed by atoms with Crippen LogP contribution in [-0.4, -0.2) is 74.2 Å². The van der Waals surface area contributed by atoms with Gasteiger partial charge in [0.15, 0.2) is 0 Å². The number of ether oxygens (including phenoxy) is 2. The fraction of sp³-hybridized carbons (Fsp3) is 0.444. The maximum atomic E-state index is 12.6. The molecule has 1 heterocycles. The summed E-state index contributed by atoms with van der Waals surface area (Å²) in [5.74, 6) is -0.199. The Morgan fingerprint density at radius 3 is 2.40 bits per heavy atom. The summed E-state index contributed by atoms with van der Waals surface area (Å²) in [7, 11) is 3.12. The van der Waals surface area contributed by atoms with Gasteiger partial charge in [0.25, 0.3) is 0 Å². The number of nitrogens with zero attached hydrogens (tertiary/aromatic N) is 2. The van der Waals surface area contributed by atoms with Gasteiger partial charge in [-0.25, -0.2) is 4.79 Å². The van der Waals surface area contributed by atoms with Crippen LogP contribution < -0.4 is 5.32 Å². The maximum absolute atomic E-state index is 12.6. The zero-order valence-corrected chi connectivity index (χ0v) is 20.6. The maximum Gasteiger partial charge on any atom is 0.411 e. The van der Waals surface area contributed by atoms with Crippen molar-refractivity contribution in [1.29, 1.82) is 0 Å². The number of piperidine rings is 1. The van der Waals surface area contributed by atoms with Crippen molar-refractivity contribution in [3.05, 3.63) is 54.6 Å². The number of hydrogen-bond donors (Lipinski definition) is 1. The summed E-state index contributed by atoms with van der Waals surface area (Å²) in [6.45, 7) is 2.76. The van der Waals surface area contributed by atoms with Crippen molar-refractivity contribution >= 4 is 23.7 Å². The number of para-hydroxylation sites is 1. The molecule has 1 fully saturated rings. The van der Waals surface area contributed by atoms with Crippen LogP contribution in [0.2, 0.25) is 0 Å². The first-order valence-corrected chi connectivity index (χ1v) is 12.1. The summed E-state index contributed by atoms with van der Waals surface area (Å²) in [5.41, 5.74) is 2.69. The van der Waals surface area contributed by atoms with Gasteiger partial charge in [-0.15, -0.1) is 0 Å². The van der Waals surface area contributed by atoms with Gasteiger partial charge in [0, 0.05) is 51.6 Å². The molecular formula is C27H35N3O5. The van der Waals surface area contributed by atoms with Crippen LogP contribution >= 0.6 is 0 Å². The second-order valence-corrected chi connectivity index (χ2v) is 8.73. The first-order chi connectivity index (χ1) is 17.0. The lowest BCUT2D eigenvalue weighted by Gasteiger charge is -2.31. The van der Waals surface area contributed by atoms with E-state index in [1.165, 1.54) is 7.11 Å². The van der Waals surface area contributed by atoms with Gasteiger partial charge in [0.1, 0.15) is 6.10 Å². The van der Waals surface area contributed by atoms with Gasteiger partial charge in [0.05, 0.1) is 12.8 Å². The van der Waals surface area contributed by atoms with Crippen LogP contribution in [0.3, 0.4) is 0 Å². The molecule has 2 aromatic carbocycles. The lowest BCUT2D eigenvalue weighted by molar-refractivity contribution is -0.141. The zero-order chi connectivity index (χ0) is 25.0. The third kappa shape index (κ3) is 8.40. The molecule has 0 bridgehead atoms. The SMILES string of the molecule is COC(=O)CCCN(C)C(=O)CCN1CCC(OC(=O)Nc2ccccc2-c2ccccc2)CC1. The van der Waals surface area contributed by atoms with Gasteiger partial charge < -0.3 is 19.3 Å². The van der Waals surface area contributed by atoms with E-state index in [1.54, 1.807) is 11.9 Å². The Morgan fingerprint density at radius 2 is 1.69 bits per heavy atom. The molecule has 8 heteroatoms. The summed E-state index contributed by atoms with van der Waals surface area (Å²) in [4.78, 5) is 40.0. The number of likely N-dealkylation sites (tertiary alicyclic amines) is 1. The van der Waals surface area contributed by atoms with Crippen molar-refractivity contribution in [2.45, 2.75) is 38.2 Å². The fourth-order valence-corrected chi connectivity index (χ4v) is 4.14. The Labute approximate surface area is 207 Å². The van der Waals surface area contributed by atoms with E-state index in [1.807, 2.05) is 54.6 Å². The molecule has 0 saturated carbocycles. The Morgan fingerprint density at radius 1 is 1.00 bits per heavy atom. The molecule has 0 aliphatic carbocycles. The second kappa shape index (κ2) is 13.5. The molecule has 1 N–H and O–H groups in total. The average molecular weight is 482 g/mol. The van der Waals surface area contributed by atoms with E-state index < -0.39 is 6.09 Å². The molecular weight excluding hydrogens is 446 g/mol. The molecule has 0 aromatic heterocycles. The van der Waals surface area contributed by atoms with Crippen LogP contribution in [0, 0.1) is 0 Å². The number of anilines is 1. The minimum absolute atomic E-state index is 0.0599. The zero-order valence-electron chi connectivity index (χ0n) is 20.6. The summed E-state index contributed by atoms with van der Waals surface area (Å²) in [6.07, 6.45) is 2.20. The monoisotopic (exact) mass is 481 g/mol. The van der Waals surface area contributed by atoms with Crippen LogP contribution in [0.4, 0.5) is 10.5 Å². The molecule has 2 amide bonds. The fourth-order valence-electron chi connectivity index (χ4n) is 4.14. The topological polar surface area (TPSA) is 88.2 Å². The second-order valence-electron chi connectivity index (χ2n) is 8.73. The number of benzene rings is 2. The molecule has 3 rings (SSSR count). The van der Waals surface area contributed by atoms with E-state index >= 15 is 0 Å². The van der Waals surface area contributed by atoms with Crippen molar-refractivity contribution in [1.82, 2.24) is 9.80 Å². The number of methoxy groups -OCH3 is 1. The van der Waals surface area contributed by atoms with Crippen LogP contribution in [0.15, 0.2) is 54.6 Å². The van der Waals surface area contributed by atoms with Crippen molar-refractivity contribution in [3.8, 4) is 11.1 Å². The quantitative estimate of drug-likeness (QED) is 0.513. The third-order valence-electron chi connectivity index (χ3n) is 6.23. The van der Waals surface area contributed by atoms with Crippen molar-refractivity contribution < 1.29 is 23.9 Å². The lowest BCUT2D eigenvalue weighted by Crippen LogP contribution is -2.40. The first-order valence-electron chi connectivity index (χ1n) is 12.1. The van der Waals surface area contributed by atoms with E-state index in [2.05, 4.69) is 15.0 Å². The molecule has 8 nitrogen and oxygen atoms in total. The summed E-state index contributed by atoms with van der Waals surface area (Å²) < 4.78 is 10.3. The molecule has 188 valence electrons. The lowest BCUT2D eigenvalue weighted by atomic mass is 10.0. The number of amides is 2. The predicted octanol–water partition coefficient (Wildman–Crippen LogP) is 4.17. The van der Waals surface area contributed by atoms with E-state index in [-0.39, 0.29) is 18.0 Å². The van der Waals surface area contributed by atoms with E-state index in [0.717, 1.165) is 42.7 Å². The number of rotatable bonds is 10. The van der Waals surface area contributed by atoms with Crippen molar-refractivity contribution in [2.75, 3.05) is 45.7 Å². The highest BCUT2D eigenvalue weighted by Gasteiger charge is 2.23. The summed E-state index contributed by atoms with van der Waals surface area (Å²) >= 11 is 0.